The van der Waals surface area contributed by atoms with Crippen LogP contribution >= 0.6 is 35.0 Å². The Labute approximate surface area is 153 Å². The molecule has 0 fully saturated rings. The number of nitrogens with one attached hydrogen (secondary N) is 1. The molecule has 0 heterocycles. The predicted octanol–water partition coefficient (Wildman–Crippen LogP) is 5.25. The van der Waals surface area contributed by atoms with E-state index in [1.807, 2.05) is 0 Å². The Hall–Kier alpha value is -1.76. The number of hydrogen-bond donors (Lipinski definition) is 1. The molecule has 0 aromatic heterocycles. The number of benzene rings is 2. The van der Waals surface area contributed by atoms with Gasteiger partial charge in [-0.15, -0.1) is 11.8 Å². The van der Waals surface area contributed by atoms with Gasteiger partial charge < -0.3 is 5.32 Å². The number of nitro benzene ring substituents is 1. The summed E-state index contributed by atoms with van der Waals surface area (Å²) < 4.78 is 0. The second-order valence-corrected chi connectivity index (χ2v) is 6.98. The number of nitro groups is 1. The van der Waals surface area contributed by atoms with E-state index in [1.165, 1.54) is 17.8 Å². The zero-order valence-electron chi connectivity index (χ0n) is 12.9. The van der Waals surface area contributed by atoms with Crippen LogP contribution in [0.3, 0.4) is 0 Å². The minimum absolute atomic E-state index is 0.0264. The van der Waals surface area contributed by atoms with Crippen molar-refractivity contribution >= 4 is 52.2 Å². The van der Waals surface area contributed by atoms with E-state index in [0.717, 1.165) is 5.56 Å². The van der Waals surface area contributed by atoms with Gasteiger partial charge in [-0.2, -0.15) is 0 Å². The molecule has 0 spiro atoms. The molecule has 0 unspecified atom stereocenters. The summed E-state index contributed by atoms with van der Waals surface area (Å²) in [5.41, 5.74) is 1.71. The van der Waals surface area contributed by atoms with E-state index in [4.69, 9.17) is 23.2 Å². The third-order valence-corrected chi connectivity index (χ3v) is 5.00. The van der Waals surface area contributed by atoms with Gasteiger partial charge in [0.05, 0.1) is 21.4 Å². The van der Waals surface area contributed by atoms with Crippen molar-refractivity contribution in [1.29, 1.82) is 0 Å². The predicted molar refractivity (Wildman–Crippen MR) is 98.4 cm³/mol. The molecule has 2 aromatic carbocycles. The maximum atomic E-state index is 12.1. The number of nitrogens with zero attached hydrogens (tertiary/aromatic N) is 1. The molecular weight excluding hydrogens is 371 g/mol. The van der Waals surface area contributed by atoms with Crippen molar-refractivity contribution in [2.24, 2.45) is 0 Å². The Morgan fingerprint density at radius 2 is 1.92 bits per heavy atom. The quantitative estimate of drug-likeness (QED) is 0.434. The Bertz CT molecular complexity index is 812. The van der Waals surface area contributed by atoms with Gasteiger partial charge in [-0.1, -0.05) is 23.2 Å². The number of carbonyl (C=O) groups is 1. The minimum atomic E-state index is -0.467. The van der Waals surface area contributed by atoms with Crippen LogP contribution in [0.1, 0.15) is 11.1 Å². The summed E-state index contributed by atoms with van der Waals surface area (Å²) in [5.74, 6) is -0.168. The highest BCUT2D eigenvalue weighted by molar-refractivity contribution is 8.00. The highest BCUT2D eigenvalue weighted by atomic mass is 35.5. The molecule has 0 atom stereocenters. The molecule has 1 amide bonds. The van der Waals surface area contributed by atoms with E-state index >= 15 is 0 Å². The lowest BCUT2D eigenvalue weighted by Crippen LogP contribution is -2.15. The van der Waals surface area contributed by atoms with E-state index < -0.39 is 4.92 Å². The van der Waals surface area contributed by atoms with Crippen molar-refractivity contribution in [3.8, 4) is 0 Å². The summed E-state index contributed by atoms with van der Waals surface area (Å²) in [6, 6.07) is 8.07. The Morgan fingerprint density at radius 1 is 1.21 bits per heavy atom. The average molecular weight is 385 g/mol. The number of halogens is 2. The molecule has 126 valence electrons. The molecule has 2 aromatic rings. The molecular formula is C16H14Cl2N2O3S. The van der Waals surface area contributed by atoms with Crippen LogP contribution in [0.25, 0.3) is 0 Å². The van der Waals surface area contributed by atoms with Gasteiger partial charge in [-0.3, -0.25) is 14.9 Å². The second kappa shape index (κ2) is 7.88. The third kappa shape index (κ3) is 4.63. The van der Waals surface area contributed by atoms with Crippen LogP contribution in [-0.2, 0) is 4.79 Å². The number of rotatable bonds is 5. The Kier molecular flexibility index (Phi) is 6.10. The number of thioether (sulfide) groups is 1. The average Bonchev–Trinajstić information content (AvgIpc) is 2.50. The summed E-state index contributed by atoms with van der Waals surface area (Å²) in [4.78, 5) is 23.4. The summed E-state index contributed by atoms with van der Waals surface area (Å²) in [6.07, 6.45) is 0. The molecule has 0 bridgehead atoms. The summed E-state index contributed by atoms with van der Waals surface area (Å²) >= 11 is 13.2. The van der Waals surface area contributed by atoms with E-state index in [-0.39, 0.29) is 17.3 Å². The zero-order chi connectivity index (χ0) is 17.9. The number of carbonyl (C=O) groups excluding carboxylic acids is 1. The van der Waals surface area contributed by atoms with E-state index in [0.29, 0.717) is 26.2 Å². The molecule has 0 saturated heterocycles. The zero-order valence-corrected chi connectivity index (χ0v) is 15.3. The van der Waals surface area contributed by atoms with Gasteiger partial charge in [0.1, 0.15) is 0 Å². The van der Waals surface area contributed by atoms with Gasteiger partial charge in [0, 0.05) is 21.5 Å². The van der Waals surface area contributed by atoms with Crippen molar-refractivity contribution in [3.63, 3.8) is 0 Å². The second-order valence-electron chi connectivity index (χ2n) is 5.12. The van der Waals surface area contributed by atoms with Crippen molar-refractivity contribution in [2.45, 2.75) is 18.7 Å². The normalized spacial score (nSPS) is 10.5. The maximum Gasteiger partial charge on any atom is 0.274 e. The smallest absolute Gasteiger partial charge is 0.274 e. The minimum Gasteiger partial charge on any atom is -0.325 e. The standard InChI is InChI=1S/C16H14Cl2N2O3S/c1-9-5-10(2)14(20(22)23)7-13(9)19-16(21)8-24-15-6-11(17)3-4-12(15)18/h3-7H,8H2,1-2H3,(H,19,21). The summed E-state index contributed by atoms with van der Waals surface area (Å²) in [5, 5.41) is 14.8. The lowest BCUT2D eigenvalue weighted by molar-refractivity contribution is -0.385. The molecule has 0 radical (unpaired) electrons. The van der Waals surface area contributed by atoms with Crippen LogP contribution in [0.2, 0.25) is 10.0 Å². The van der Waals surface area contributed by atoms with Crippen LogP contribution in [0.4, 0.5) is 11.4 Å². The van der Waals surface area contributed by atoms with Crippen molar-refractivity contribution < 1.29 is 9.72 Å². The molecule has 24 heavy (non-hydrogen) atoms. The monoisotopic (exact) mass is 384 g/mol. The summed E-state index contributed by atoms with van der Waals surface area (Å²) in [6.45, 7) is 3.45. The van der Waals surface area contributed by atoms with Crippen molar-refractivity contribution in [1.82, 2.24) is 0 Å². The van der Waals surface area contributed by atoms with E-state index in [2.05, 4.69) is 5.32 Å². The first kappa shape index (κ1) is 18.6. The highest BCUT2D eigenvalue weighted by Gasteiger charge is 2.15. The summed E-state index contributed by atoms with van der Waals surface area (Å²) in [7, 11) is 0. The van der Waals surface area contributed by atoms with Crippen molar-refractivity contribution in [2.75, 3.05) is 11.1 Å². The van der Waals surface area contributed by atoms with Gasteiger partial charge in [0.15, 0.2) is 0 Å². The lowest BCUT2D eigenvalue weighted by atomic mass is 10.1. The molecule has 8 heteroatoms. The molecule has 2 rings (SSSR count). The fraction of sp³-hybridized carbons (Fsp3) is 0.188. The Balaban J connectivity index is 2.08. The Morgan fingerprint density at radius 3 is 2.58 bits per heavy atom. The molecule has 0 aliphatic heterocycles. The van der Waals surface area contributed by atoms with Gasteiger partial charge >= 0.3 is 0 Å². The molecule has 0 aliphatic rings. The van der Waals surface area contributed by atoms with Crippen LogP contribution in [0.5, 0.6) is 0 Å². The lowest BCUT2D eigenvalue weighted by Gasteiger charge is -2.10. The topological polar surface area (TPSA) is 72.2 Å². The SMILES string of the molecule is Cc1cc(C)c([N+](=O)[O-])cc1NC(=O)CSc1cc(Cl)ccc1Cl. The molecule has 0 saturated carbocycles. The van der Waals surface area contributed by atoms with Gasteiger partial charge in [0.25, 0.3) is 5.69 Å². The largest absolute Gasteiger partial charge is 0.325 e. The number of hydrogen-bond acceptors (Lipinski definition) is 4. The maximum absolute atomic E-state index is 12.1. The van der Waals surface area contributed by atoms with Crippen LogP contribution in [0, 0.1) is 24.0 Å². The molecule has 5 nitrogen and oxygen atoms in total. The molecule has 0 aliphatic carbocycles. The van der Waals surface area contributed by atoms with E-state index in [9.17, 15) is 14.9 Å². The first-order valence-electron chi connectivity index (χ1n) is 6.91. The molecule has 1 N–H and O–H groups in total. The van der Waals surface area contributed by atoms with Crippen LogP contribution in [-0.4, -0.2) is 16.6 Å². The van der Waals surface area contributed by atoms with Gasteiger partial charge in [-0.25, -0.2) is 0 Å². The number of anilines is 1. The third-order valence-electron chi connectivity index (χ3n) is 3.27. The van der Waals surface area contributed by atoms with Crippen molar-refractivity contribution in [3.05, 3.63) is 61.6 Å². The first-order valence-corrected chi connectivity index (χ1v) is 8.65. The number of aryl methyl sites for hydroxylation is 2. The fourth-order valence-corrected chi connectivity index (χ4v) is 3.38. The van der Waals surface area contributed by atoms with Crippen LogP contribution < -0.4 is 5.32 Å². The van der Waals surface area contributed by atoms with Gasteiger partial charge in [0.2, 0.25) is 5.91 Å². The van der Waals surface area contributed by atoms with E-state index in [1.54, 1.807) is 38.1 Å². The number of amides is 1. The van der Waals surface area contributed by atoms with Gasteiger partial charge in [-0.05, 0) is 43.7 Å². The first-order chi connectivity index (χ1) is 11.3. The fourth-order valence-electron chi connectivity index (χ4n) is 2.09. The van der Waals surface area contributed by atoms with Crippen LogP contribution in [0.15, 0.2) is 35.2 Å². The highest BCUT2D eigenvalue weighted by Crippen LogP contribution is 2.30.